The Labute approximate surface area is 152 Å². The summed E-state index contributed by atoms with van der Waals surface area (Å²) in [5.74, 6) is -0.992. The number of carbonyl (C=O) groups excluding carboxylic acids is 2. The van der Waals surface area contributed by atoms with Crippen LogP contribution >= 0.6 is 15.9 Å². The molecule has 0 bridgehead atoms. The number of nitrogens with one attached hydrogen (secondary N) is 1. The number of pyridine rings is 1. The van der Waals surface area contributed by atoms with E-state index >= 15 is 0 Å². The average Bonchev–Trinajstić information content (AvgIpc) is 2.59. The Balaban J connectivity index is 2.21. The molecule has 0 aliphatic carbocycles. The molecule has 0 spiro atoms. The number of phenols is 1. The van der Waals surface area contributed by atoms with E-state index in [0.29, 0.717) is 0 Å². The molecule has 25 heavy (non-hydrogen) atoms. The Morgan fingerprint density at radius 3 is 2.52 bits per heavy atom. The fraction of sp³-hybridized carbons (Fsp3) is 0.235. The zero-order valence-corrected chi connectivity index (χ0v) is 15.2. The summed E-state index contributed by atoms with van der Waals surface area (Å²) in [5, 5.41) is 11.9. The molecule has 2 aromatic rings. The first-order chi connectivity index (χ1) is 11.8. The molecule has 8 heteroatoms. The number of halogens is 1. The second kappa shape index (κ2) is 7.98. The van der Waals surface area contributed by atoms with Gasteiger partial charge in [0.15, 0.2) is 0 Å². The number of aromatic nitrogens is 1. The smallest absolute Gasteiger partial charge is 0.328 e. The van der Waals surface area contributed by atoms with Gasteiger partial charge in [-0.25, -0.2) is 4.79 Å². The zero-order chi connectivity index (χ0) is 18.6. The molecule has 0 saturated carbocycles. The summed E-state index contributed by atoms with van der Waals surface area (Å²) in [6.45, 7) is 0. The van der Waals surface area contributed by atoms with Crippen molar-refractivity contribution in [3.8, 4) is 5.75 Å². The molecule has 1 aromatic heterocycles. The molecule has 0 radical (unpaired) electrons. The van der Waals surface area contributed by atoms with Crippen LogP contribution in [0.2, 0.25) is 0 Å². The Morgan fingerprint density at radius 1 is 1.32 bits per heavy atom. The van der Waals surface area contributed by atoms with Gasteiger partial charge in [-0.3, -0.25) is 9.59 Å². The predicted molar refractivity (Wildman–Crippen MR) is 94.5 cm³/mol. The molecule has 0 fully saturated rings. The third-order valence-electron chi connectivity index (χ3n) is 3.57. The van der Waals surface area contributed by atoms with Gasteiger partial charge in [0.05, 0.1) is 17.1 Å². The molecule has 1 amide bonds. The third-order valence-corrected chi connectivity index (χ3v) is 4.14. The van der Waals surface area contributed by atoms with Crippen molar-refractivity contribution in [2.24, 2.45) is 7.05 Å². The van der Waals surface area contributed by atoms with Gasteiger partial charge in [0.2, 0.25) is 0 Å². The zero-order valence-electron chi connectivity index (χ0n) is 13.7. The molecule has 1 heterocycles. The van der Waals surface area contributed by atoms with Crippen molar-refractivity contribution >= 4 is 27.8 Å². The van der Waals surface area contributed by atoms with Crippen LogP contribution in [0.3, 0.4) is 0 Å². The van der Waals surface area contributed by atoms with Crippen LogP contribution in [0.1, 0.15) is 15.9 Å². The number of rotatable bonds is 5. The number of amides is 1. The van der Waals surface area contributed by atoms with E-state index < -0.39 is 17.9 Å². The van der Waals surface area contributed by atoms with Gasteiger partial charge in [-0.15, -0.1) is 0 Å². The predicted octanol–water partition coefficient (Wildman–Crippen LogP) is 1.37. The number of carbonyl (C=O) groups is 2. The maximum Gasteiger partial charge on any atom is 0.328 e. The number of hydrogen-bond acceptors (Lipinski definition) is 5. The summed E-state index contributed by atoms with van der Waals surface area (Å²) in [6, 6.07) is 6.79. The second-order valence-electron chi connectivity index (χ2n) is 5.41. The van der Waals surface area contributed by atoms with Crippen LogP contribution in [-0.2, 0) is 23.0 Å². The van der Waals surface area contributed by atoms with Gasteiger partial charge in [0.25, 0.3) is 11.5 Å². The van der Waals surface area contributed by atoms with Gasteiger partial charge in [0.1, 0.15) is 11.8 Å². The second-order valence-corrected chi connectivity index (χ2v) is 6.27. The summed E-state index contributed by atoms with van der Waals surface area (Å²) in [5.41, 5.74) is 0.703. The summed E-state index contributed by atoms with van der Waals surface area (Å²) in [4.78, 5) is 36.1. The first kappa shape index (κ1) is 18.7. The highest BCUT2D eigenvalue weighted by molar-refractivity contribution is 9.10. The number of phenolic OH excluding ortho intramolecular Hbond substituents is 1. The van der Waals surface area contributed by atoms with Gasteiger partial charge in [-0.1, -0.05) is 12.1 Å². The first-order valence-electron chi connectivity index (χ1n) is 7.34. The van der Waals surface area contributed by atoms with Crippen molar-refractivity contribution in [3.05, 3.63) is 62.5 Å². The molecular formula is C17H17BrN2O5. The van der Waals surface area contributed by atoms with Gasteiger partial charge < -0.3 is 19.7 Å². The minimum Gasteiger partial charge on any atom is -0.508 e. The monoisotopic (exact) mass is 408 g/mol. The lowest BCUT2D eigenvalue weighted by atomic mass is 10.1. The molecule has 0 aliphatic rings. The van der Waals surface area contributed by atoms with Crippen molar-refractivity contribution in [1.29, 1.82) is 0 Å². The Kier molecular flexibility index (Phi) is 5.97. The van der Waals surface area contributed by atoms with Crippen molar-refractivity contribution in [3.63, 3.8) is 0 Å². The minimum absolute atomic E-state index is 0.109. The summed E-state index contributed by atoms with van der Waals surface area (Å²) in [6.07, 6.45) is 1.59. The number of aryl methyl sites for hydroxylation is 1. The van der Waals surface area contributed by atoms with Gasteiger partial charge >= 0.3 is 5.97 Å². The van der Waals surface area contributed by atoms with Crippen LogP contribution in [0.4, 0.5) is 0 Å². The summed E-state index contributed by atoms with van der Waals surface area (Å²) < 4.78 is 6.26. The number of ether oxygens (including phenoxy) is 1. The van der Waals surface area contributed by atoms with Crippen LogP contribution in [0.25, 0.3) is 0 Å². The lowest BCUT2D eigenvalue weighted by molar-refractivity contribution is -0.142. The van der Waals surface area contributed by atoms with Gasteiger partial charge in [0, 0.05) is 19.7 Å². The fourth-order valence-electron chi connectivity index (χ4n) is 2.24. The Morgan fingerprint density at radius 2 is 1.96 bits per heavy atom. The van der Waals surface area contributed by atoms with Crippen LogP contribution < -0.4 is 10.9 Å². The third kappa shape index (κ3) is 4.69. The van der Waals surface area contributed by atoms with Gasteiger partial charge in [-0.05, 0) is 39.7 Å². The standard InChI is InChI=1S/C17H17BrN2O5/c1-20-9-11(8-13(18)16(20)23)15(22)19-14(17(24)25-2)7-10-3-5-12(21)6-4-10/h3-6,8-9,14,21H,7H2,1-2H3,(H,19,22)/t14-/m0/s1. The van der Waals surface area contributed by atoms with Crippen molar-refractivity contribution < 1.29 is 19.4 Å². The largest absolute Gasteiger partial charge is 0.508 e. The molecule has 2 N–H and O–H groups in total. The van der Waals surface area contributed by atoms with E-state index in [1.165, 1.54) is 43.1 Å². The van der Waals surface area contributed by atoms with Crippen molar-refractivity contribution in [2.45, 2.75) is 12.5 Å². The number of esters is 1. The van der Waals surface area contributed by atoms with E-state index in [1.54, 1.807) is 12.1 Å². The maximum absolute atomic E-state index is 12.4. The van der Waals surface area contributed by atoms with Crippen LogP contribution in [0.15, 0.2) is 45.8 Å². The highest BCUT2D eigenvalue weighted by Crippen LogP contribution is 2.13. The molecule has 0 saturated heterocycles. The number of methoxy groups -OCH3 is 1. The van der Waals surface area contributed by atoms with E-state index in [0.717, 1.165) is 5.56 Å². The summed E-state index contributed by atoms with van der Waals surface area (Å²) >= 11 is 3.11. The topological polar surface area (TPSA) is 97.6 Å². The maximum atomic E-state index is 12.4. The summed E-state index contributed by atoms with van der Waals surface area (Å²) in [7, 11) is 2.76. The van der Waals surface area contributed by atoms with Crippen LogP contribution in [-0.4, -0.2) is 34.7 Å². The van der Waals surface area contributed by atoms with E-state index in [4.69, 9.17) is 4.74 Å². The lowest BCUT2D eigenvalue weighted by Gasteiger charge is -2.17. The van der Waals surface area contributed by atoms with E-state index in [1.807, 2.05) is 0 Å². The Bertz CT molecular complexity index is 819. The molecule has 2 rings (SSSR count). The van der Waals surface area contributed by atoms with Crippen LogP contribution in [0.5, 0.6) is 5.75 Å². The molecule has 1 atom stereocenters. The highest BCUT2D eigenvalue weighted by atomic mass is 79.9. The fourth-order valence-corrected chi connectivity index (χ4v) is 2.77. The number of benzene rings is 1. The quantitative estimate of drug-likeness (QED) is 0.728. The number of nitrogens with zero attached hydrogens (tertiary/aromatic N) is 1. The SMILES string of the molecule is COC(=O)[C@H](Cc1ccc(O)cc1)NC(=O)c1cc(Br)c(=O)n(C)c1. The normalized spacial score (nSPS) is 11.6. The van der Waals surface area contributed by atoms with E-state index in [9.17, 15) is 19.5 Å². The van der Waals surface area contributed by atoms with Crippen molar-refractivity contribution in [2.75, 3.05) is 7.11 Å². The minimum atomic E-state index is -0.905. The highest BCUT2D eigenvalue weighted by Gasteiger charge is 2.23. The average molecular weight is 409 g/mol. The molecular weight excluding hydrogens is 392 g/mol. The van der Waals surface area contributed by atoms with Crippen LogP contribution in [0, 0.1) is 0 Å². The molecule has 0 aliphatic heterocycles. The Hall–Kier alpha value is -2.61. The van der Waals surface area contributed by atoms with E-state index in [-0.39, 0.29) is 27.8 Å². The van der Waals surface area contributed by atoms with Gasteiger partial charge in [-0.2, -0.15) is 0 Å². The van der Waals surface area contributed by atoms with E-state index in [2.05, 4.69) is 21.2 Å². The lowest BCUT2D eigenvalue weighted by Crippen LogP contribution is -2.43. The first-order valence-corrected chi connectivity index (χ1v) is 8.14. The molecule has 132 valence electrons. The van der Waals surface area contributed by atoms with Crippen molar-refractivity contribution in [1.82, 2.24) is 9.88 Å². The molecule has 7 nitrogen and oxygen atoms in total. The molecule has 1 aromatic carbocycles. The number of hydrogen-bond donors (Lipinski definition) is 2. The number of aromatic hydroxyl groups is 1. The molecule has 0 unspecified atom stereocenters.